The zero-order valence-electron chi connectivity index (χ0n) is 23.8. The maximum absolute atomic E-state index is 5.30. The Labute approximate surface area is 236 Å². The Morgan fingerprint density at radius 1 is 0.450 bits per heavy atom. The lowest BCUT2D eigenvalue weighted by Gasteiger charge is -2.11. The Kier molecular flexibility index (Phi) is 11.4. The van der Waals surface area contributed by atoms with Crippen LogP contribution in [0.5, 0.6) is 23.0 Å². The van der Waals surface area contributed by atoms with Gasteiger partial charge in [-0.1, -0.05) is 48.5 Å². The summed E-state index contributed by atoms with van der Waals surface area (Å²) >= 11 is 0. The van der Waals surface area contributed by atoms with Gasteiger partial charge in [-0.05, 0) is 62.4 Å². The summed E-state index contributed by atoms with van der Waals surface area (Å²) in [6.45, 7) is 3.80. The minimum atomic E-state index is 0.744. The molecule has 4 aromatic rings. The number of anilines is 2. The van der Waals surface area contributed by atoms with E-state index in [2.05, 4.69) is 20.6 Å². The van der Waals surface area contributed by atoms with Gasteiger partial charge in [0, 0.05) is 0 Å². The van der Waals surface area contributed by atoms with Crippen LogP contribution in [0.25, 0.3) is 0 Å². The number of rotatable bonds is 8. The molecule has 0 aliphatic heterocycles. The molecule has 4 aromatic carbocycles. The number of nitrogens with one attached hydrogen (secondary N) is 2. The van der Waals surface area contributed by atoms with Gasteiger partial charge in [0.25, 0.3) is 0 Å². The normalized spacial score (nSPS) is 11.1. The number of benzene rings is 4. The lowest BCUT2D eigenvalue weighted by Crippen LogP contribution is -2.07. The van der Waals surface area contributed by atoms with Crippen LogP contribution >= 0.6 is 0 Å². The molecule has 8 nitrogen and oxygen atoms in total. The summed E-state index contributed by atoms with van der Waals surface area (Å²) in [7, 11) is 6.56. The van der Waals surface area contributed by atoms with Crippen LogP contribution in [0.4, 0.5) is 22.7 Å². The van der Waals surface area contributed by atoms with Gasteiger partial charge in [0.1, 0.15) is 46.0 Å². The maximum Gasteiger partial charge on any atom is 0.144 e. The molecule has 0 aliphatic rings. The van der Waals surface area contributed by atoms with Crippen LogP contribution in [0.15, 0.2) is 107 Å². The fourth-order valence-corrected chi connectivity index (χ4v) is 3.75. The smallest absolute Gasteiger partial charge is 0.144 e. The molecule has 0 bridgehead atoms. The quantitative estimate of drug-likeness (QED) is 0.176. The molecule has 2 N–H and O–H groups in total. The highest BCUT2D eigenvalue weighted by atomic mass is 16.5. The molecule has 0 radical (unpaired) electrons. The Bertz CT molecular complexity index is 1330. The van der Waals surface area contributed by atoms with Crippen molar-refractivity contribution >= 4 is 34.4 Å². The zero-order valence-corrected chi connectivity index (χ0v) is 23.8. The largest absolute Gasteiger partial charge is 0.495 e. The third-order valence-corrected chi connectivity index (χ3v) is 5.59. The first-order valence-corrected chi connectivity index (χ1v) is 12.7. The maximum atomic E-state index is 5.30. The molecule has 40 heavy (non-hydrogen) atoms. The van der Waals surface area contributed by atoms with E-state index in [1.807, 2.05) is 111 Å². The summed E-state index contributed by atoms with van der Waals surface area (Å²) in [5.41, 5.74) is 3.34. The number of amidine groups is 2. The average molecular weight is 541 g/mol. The molecular formula is C32H36N4O4. The molecule has 8 heteroatoms. The number of para-hydroxylation sites is 8. The minimum Gasteiger partial charge on any atom is -0.495 e. The molecule has 0 atom stereocenters. The van der Waals surface area contributed by atoms with E-state index in [4.69, 9.17) is 18.9 Å². The van der Waals surface area contributed by atoms with E-state index in [0.29, 0.717) is 0 Å². The van der Waals surface area contributed by atoms with Crippen LogP contribution in [0.3, 0.4) is 0 Å². The number of aliphatic imine (C=N–C) groups is 2. The van der Waals surface area contributed by atoms with Gasteiger partial charge in [0.2, 0.25) is 0 Å². The van der Waals surface area contributed by atoms with Gasteiger partial charge >= 0.3 is 0 Å². The van der Waals surface area contributed by atoms with Crippen molar-refractivity contribution in [2.45, 2.75) is 13.8 Å². The second-order valence-electron chi connectivity index (χ2n) is 8.39. The Morgan fingerprint density at radius 3 is 1.10 bits per heavy atom. The zero-order chi connectivity index (χ0) is 28.7. The SMILES string of the molecule is COc1ccccc1N=C(C)Nc1ccccc1OC.COc1ccccc1N=C(C)Nc1ccccc1OC. The molecular weight excluding hydrogens is 504 g/mol. The fourth-order valence-electron chi connectivity index (χ4n) is 3.75. The minimum absolute atomic E-state index is 0.744. The van der Waals surface area contributed by atoms with Crippen LogP contribution in [-0.4, -0.2) is 40.1 Å². The van der Waals surface area contributed by atoms with Crippen LogP contribution < -0.4 is 29.6 Å². The molecule has 4 rings (SSSR count). The van der Waals surface area contributed by atoms with Crippen molar-refractivity contribution in [1.82, 2.24) is 0 Å². The second kappa shape index (κ2) is 15.4. The van der Waals surface area contributed by atoms with Crippen molar-refractivity contribution in [3.8, 4) is 23.0 Å². The van der Waals surface area contributed by atoms with E-state index in [1.54, 1.807) is 28.4 Å². The summed E-state index contributed by atoms with van der Waals surface area (Å²) in [6, 6.07) is 30.7. The van der Waals surface area contributed by atoms with Gasteiger partial charge in [-0.15, -0.1) is 0 Å². The lowest BCUT2D eigenvalue weighted by atomic mass is 10.3. The predicted octanol–water partition coefficient (Wildman–Crippen LogP) is 7.73. The monoisotopic (exact) mass is 540 g/mol. The number of nitrogens with zero attached hydrogens (tertiary/aromatic N) is 2. The molecule has 0 heterocycles. The third kappa shape index (κ3) is 8.52. The van der Waals surface area contributed by atoms with Gasteiger partial charge in [-0.3, -0.25) is 0 Å². The van der Waals surface area contributed by atoms with E-state index >= 15 is 0 Å². The predicted molar refractivity (Wildman–Crippen MR) is 165 cm³/mol. The van der Waals surface area contributed by atoms with Gasteiger partial charge in [0.05, 0.1) is 39.8 Å². The van der Waals surface area contributed by atoms with Crippen molar-refractivity contribution in [1.29, 1.82) is 0 Å². The molecule has 0 amide bonds. The second-order valence-corrected chi connectivity index (χ2v) is 8.39. The first kappa shape index (κ1) is 29.6. The van der Waals surface area contributed by atoms with Crippen molar-refractivity contribution in [3.05, 3.63) is 97.1 Å². The van der Waals surface area contributed by atoms with Gasteiger partial charge in [0.15, 0.2) is 0 Å². The molecule has 0 fully saturated rings. The molecule has 0 spiro atoms. The Balaban J connectivity index is 0.000000220. The van der Waals surface area contributed by atoms with E-state index in [0.717, 1.165) is 57.4 Å². The topological polar surface area (TPSA) is 85.7 Å². The number of methoxy groups -OCH3 is 4. The van der Waals surface area contributed by atoms with Crippen LogP contribution in [0, 0.1) is 0 Å². The number of hydrogen-bond donors (Lipinski definition) is 2. The highest BCUT2D eigenvalue weighted by molar-refractivity contribution is 5.97. The van der Waals surface area contributed by atoms with E-state index in [1.165, 1.54) is 0 Å². The van der Waals surface area contributed by atoms with Crippen molar-refractivity contribution < 1.29 is 18.9 Å². The standard InChI is InChI=1S/2C16H18N2O2/c2*1-12(17-13-8-4-6-10-15(13)19-2)18-14-9-5-7-11-16(14)20-3/h2*4-11H,1-3H3,(H,17,18). The van der Waals surface area contributed by atoms with E-state index in [9.17, 15) is 0 Å². The van der Waals surface area contributed by atoms with Crippen LogP contribution in [0.2, 0.25) is 0 Å². The molecule has 0 saturated carbocycles. The third-order valence-electron chi connectivity index (χ3n) is 5.59. The highest BCUT2D eigenvalue weighted by Gasteiger charge is 2.05. The number of hydrogen-bond acceptors (Lipinski definition) is 6. The van der Waals surface area contributed by atoms with E-state index in [-0.39, 0.29) is 0 Å². The first-order valence-electron chi connectivity index (χ1n) is 12.7. The van der Waals surface area contributed by atoms with Crippen molar-refractivity contribution in [2.24, 2.45) is 9.98 Å². The van der Waals surface area contributed by atoms with Crippen LogP contribution in [-0.2, 0) is 0 Å². The number of ether oxygens (including phenoxy) is 4. The van der Waals surface area contributed by atoms with E-state index < -0.39 is 0 Å². The molecule has 208 valence electrons. The van der Waals surface area contributed by atoms with Gasteiger partial charge < -0.3 is 29.6 Å². The molecule has 0 unspecified atom stereocenters. The summed E-state index contributed by atoms with van der Waals surface area (Å²) in [6.07, 6.45) is 0. The lowest BCUT2D eigenvalue weighted by molar-refractivity contribution is 0.416. The summed E-state index contributed by atoms with van der Waals surface area (Å²) in [5, 5.41) is 6.46. The van der Waals surface area contributed by atoms with Crippen molar-refractivity contribution in [2.75, 3.05) is 39.1 Å². The van der Waals surface area contributed by atoms with Gasteiger partial charge in [-0.25, -0.2) is 9.98 Å². The Morgan fingerprint density at radius 2 is 0.750 bits per heavy atom. The highest BCUT2D eigenvalue weighted by Crippen LogP contribution is 2.29. The summed E-state index contributed by atoms with van der Waals surface area (Å²) in [5.74, 6) is 4.57. The first-order chi connectivity index (χ1) is 19.5. The summed E-state index contributed by atoms with van der Waals surface area (Å²) in [4.78, 5) is 9.05. The molecule has 0 saturated heterocycles. The van der Waals surface area contributed by atoms with Crippen molar-refractivity contribution in [3.63, 3.8) is 0 Å². The fraction of sp³-hybridized carbons (Fsp3) is 0.188. The molecule has 0 aromatic heterocycles. The Hall–Kier alpha value is -4.98. The summed E-state index contributed by atoms with van der Waals surface area (Å²) < 4.78 is 21.2. The average Bonchev–Trinajstić information content (AvgIpc) is 2.98. The van der Waals surface area contributed by atoms with Gasteiger partial charge in [-0.2, -0.15) is 0 Å². The van der Waals surface area contributed by atoms with Crippen LogP contribution in [0.1, 0.15) is 13.8 Å². The molecule has 0 aliphatic carbocycles.